The maximum atomic E-state index is 12.7. The van der Waals surface area contributed by atoms with Crippen LogP contribution in [0, 0.1) is 6.92 Å². The second kappa shape index (κ2) is 4.79. The summed E-state index contributed by atoms with van der Waals surface area (Å²) in [5.74, 6) is 0.503. The Labute approximate surface area is 107 Å². The highest BCUT2D eigenvalue weighted by atomic mass is 19.4. The van der Waals surface area contributed by atoms with Crippen LogP contribution >= 0.6 is 0 Å². The minimum absolute atomic E-state index is 0.167. The van der Waals surface area contributed by atoms with Crippen LogP contribution in [0.2, 0.25) is 0 Å². The normalized spacial score (nSPS) is 11.4. The molecule has 0 amide bonds. The van der Waals surface area contributed by atoms with Crippen LogP contribution in [0.25, 0.3) is 11.1 Å². The van der Waals surface area contributed by atoms with Gasteiger partial charge in [0, 0.05) is 23.5 Å². The average molecular weight is 266 g/mol. The number of aromatic nitrogens is 2. The van der Waals surface area contributed by atoms with Crippen LogP contribution in [0.15, 0.2) is 30.6 Å². The Morgan fingerprint density at radius 2 is 1.79 bits per heavy atom. The van der Waals surface area contributed by atoms with Gasteiger partial charge < -0.3 is 0 Å². The molecule has 1 aromatic heterocycles. The first-order valence-corrected chi connectivity index (χ1v) is 5.37. The minimum atomic E-state index is -4.46. The fourth-order valence-corrected chi connectivity index (χ4v) is 1.62. The summed E-state index contributed by atoms with van der Waals surface area (Å²) in [6, 6.07) is 2.95. The summed E-state index contributed by atoms with van der Waals surface area (Å²) in [5, 5.41) is 0. The molecule has 2 aromatic rings. The molecule has 0 saturated carbocycles. The molecular weight excluding hydrogens is 257 g/mol. The lowest BCUT2D eigenvalue weighted by molar-refractivity contribution is -0.137. The molecule has 0 bridgehead atoms. The Bertz CT molecular complexity index is 606. The maximum Gasteiger partial charge on any atom is 0.416 e. The standard InChI is InChI=1S/C13H9F3N2O/c1-8-17-5-10(6-18-8)12-4-11(13(14,15)16)3-2-9(12)7-19/h2-7H,1H3. The molecule has 0 spiro atoms. The number of hydrogen-bond acceptors (Lipinski definition) is 3. The Kier molecular flexibility index (Phi) is 3.33. The van der Waals surface area contributed by atoms with Gasteiger partial charge in [-0.25, -0.2) is 9.97 Å². The number of hydrogen-bond donors (Lipinski definition) is 0. The van der Waals surface area contributed by atoms with Crippen molar-refractivity contribution in [2.75, 3.05) is 0 Å². The molecule has 0 aliphatic heterocycles. The first kappa shape index (κ1) is 13.2. The molecular formula is C13H9F3N2O. The van der Waals surface area contributed by atoms with Gasteiger partial charge in [-0.15, -0.1) is 0 Å². The smallest absolute Gasteiger partial charge is 0.298 e. The van der Waals surface area contributed by atoms with E-state index in [0.29, 0.717) is 17.7 Å². The highest BCUT2D eigenvalue weighted by Gasteiger charge is 2.31. The van der Waals surface area contributed by atoms with Crippen molar-refractivity contribution in [2.24, 2.45) is 0 Å². The number of rotatable bonds is 2. The predicted molar refractivity (Wildman–Crippen MR) is 62.6 cm³/mol. The molecule has 0 radical (unpaired) electrons. The van der Waals surface area contributed by atoms with Gasteiger partial charge in [0.2, 0.25) is 0 Å². The van der Waals surface area contributed by atoms with Crippen molar-refractivity contribution in [1.82, 2.24) is 9.97 Å². The van der Waals surface area contributed by atoms with E-state index in [-0.39, 0.29) is 11.1 Å². The van der Waals surface area contributed by atoms with Crippen LogP contribution in [0.3, 0.4) is 0 Å². The molecule has 0 atom stereocenters. The fraction of sp³-hybridized carbons (Fsp3) is 0.154. The number of aldehydes is 1. The number of carbonyl (C=O) groups excluding carboxylic acids is 1. The molecule has 19 heavy (non-hydrogen) atoms. The summed E-state index contributed by atoms with van der Waals surface area (Å²) in [4.78, 5) is 18.7. The van der Waals surface area contributed by atoms with Gasteiger partial charge in [-0.3, -0.25) is 4.79 Å². The van der Waals surface area contributed by atoms with Crippen molar-refractivity contribution in [2.45, 2.75) is 13.1 Å². The van der Waals surface area contributed by atoms with E-state index in [1.54, 1.807) is 6.92 Å². The number of aryl methyl sites for hydroxylation is 1. The van der Waals surface area contributed by atoms with Gasteiger partial charge in [0.15, 0.2) is 6.29 Å². The number of halogens is 3. The van der Waals surface area contributed by atoms with Gasteiger partial charge in [-0.2, -0.15) is 13.2 Å². The number of nitrogens with zero attached hydrogens (tertiary/aromatic N) is 2. The van der Waals surface area contributed by atoms with E-state index in [2.05, 4.69) is 9.97 Å². The zero-order valence-corrected chi connectivity index (χ0v) is 9.90. The van der Waals surface area contributed by atoms with E-state index in [1.165, 1.54) is 12.4 Å². The molecule has 2 rings (SSSR count). The maximum absolute atomic E-state index is 12.7. The molecule has 0 aliphatic carbocycles. The third kappa shape index (κ3) is 2.78. The lowest BCUT2D eigenvalue weighted by Crippen LogP contribution is -2.06. The zero-order valence-electron chi connectivity index (χ0n) is 9.90. The highest BCUT2D eigenvalue weighted by Crippen LogP contribution is 2.33. The number of benzene rings is 1. The average Bonchev–Trinajstić information content (AvgIpc) is 2.38. The molecule has 0 saturated heterocycles. The molecule has 3 nitrogen and oxygen atoms in total. The van der Waals surface area contributed by atoms with Crippen LogP contribution in [-0.4, -0.2) is 16.3 Å². The Hall–Kier alpha value is -2.24. The van der Waals surface area contributed by atoms with E-state index >= 15 is 0 Å². The largest absolute Gasteiger partial charge is 0.416 e. The summed E-state index contributed by atoms with van der Waals surface area (Å²) in [6.07, 6.45) is -1.16. The molecule has 98 valence electrons. The van der Waals surface area contributed by atoms with E-state index < -0.39 is 11.7 Å². The Morgan fingerprint density at radius 1 is 1.16 bits per heavy atom. The molecule has 0 fully saturated rings. The zero-order chi connectivity index (χ0) is 14.0. The quantitative estimate of drug-likeness (QED) is 0.783. The van der Waals surface area contributed by atoms with Crippen LogP contribution in [0.5, 0.6) is 0 Å². The van der Waals surface area contributed by atoms with Gasteiger partial charge in [-0.05, 0) is 24.6 Å². The summed E-state index contributed by atoms with van der Waals surface area (Å²) in [6.45, 7) is 1.66. The van der Waals surface area contributed by atoms with Crippen molar-refractivity contribution in [3.63, 3.8) is 0 Å². The summed E-state index contributed by atoms with van der Waals surface area (Å²) >= 11 is 0. The van der Waals surface area contributed by atoms with E-state index in [0.717, 1.165) is 18.2 Å². The molecule has 6 heteroatoms. The molecule has 1 aromatic carbocycles. The van der Waals surface area contributed by atoms with E-state index in [4.69, 9.17) is 0 Å². The number of carbonyl (C=O) groups is 1. The van der Waals surface area contributed by atoms with Crippen molar-refractivity contribution < 1.29 is 18.0 Å². The van der Waals surface area contributed by atoms with Gasteiger partial charge >= 0.3 is 6.18 Å². The molecule has 0 N–H and O–H groups in total. The predicted octanol–water partition coefficient (Wildman–Crippen LogP) is 3.28. The Morgan fingerprint density at radius 3 is 2.32 bits per heavy atom. The third-order valence-electron chi connectivity index (χ3n) is 2.60. The SMILES string of the molecule is Cc1ncc(-c2cc(C(F)(F)F)ccc2C=O)cn1. The lowest BCUT2D eigenvalue weighted by atomic mass is 10.00. The number of alkyl halides is 3. The molecule has 0 aliphatic rings. The summed E-state index contributed by atoms with van der Waals surface area (Å²) in [7, 11) is 0. The molecule has 0 unspecified atom stereocenters. The van der Waals surface area contributed by atoms with Crippen molar-refractivity contribution in [3.8, 4) is 11.1 Å². The van der Waals surface area contributed by atoms with E-state index in [9.17, 15) is 18.0 Å². The molecule has 1 heterocycles. The van der Waals surface area contributed by atoms with Crippen LogP contribution in [-0.2, 0) is 6.18 Å². The van der Waals surface area contributed by atoms with Crippen LogP contribution in [0.1, 0.15) is 21.7 Å². The van der Waals surface area contributed by atoms with Crippen molar-refractivity contribution >= 4 is 6.29 Å². The van der Waals surface area contributed by atoms with Gasteiger partial charge in [-0.1, -0.05) is 6.07 Å². The topological polar surface area (TPSA) is 42.9 Å². The third-order valence-corrected chi connectivity index (χ3v) is 2.60. The van der Waals surface area contributed by atoms with Crippen LogP contribution < -0.4 is 0 Å². The summed E-state index contributed by atoms with van der Waals surface area (Å²) < 4.78 is 38.0. The minimum Gasteiger partial charge on any atom is -0.298 e. The van der Waals surface area contributed by atoms with Gasteiger partial charge in [0.05, 0.1) is 5.56 Å². The van der Waals surface area contributed by atoms with Crippen molar-refractivity contribution in [1.29, 1.82) is 0 Å². The fourth-order valence-electron chi connectivity index (χ4n) is 1.62. The monoisotopic (exact) mass is 266 g/mol. The highest BCUT2D eigenvalue weighted by molar-refractivity contribution is 5.87. The van der Waals surface area contributed by atoms with E-state index in [1.807, 2.05) is 0 Å². The second-order valence-electron chi connectivity index (χ2n) is 3.94. The summed E-state index contributed by atoms with van der Waals surface area (Å²) in [5.41, 5.74) is -0.0993. The lowest BCUT2D eigenvalue weighted by Gasteiger charge is -2.10. The first-order valence-electron chi connectivity index (χ1n) is 5.37. The Balaban J connectivity index is 2.59. The van der Waals surface area contributed by atoms with Crippen molar-refractivity contribution in [3.05, 3.63) is 47.5 Å². The second-order valence-corrected chi connectivity index (χ2v) is 3.94. The van der Waals surface area contributed by atoms with Gasteiger partial charge in [0.1, 0.15) is 5.82 Å². The first-order chi connectivity index (χ1) is 8.91. The van der Waals surface area contributed by atoms with Gasteiger partial charge in [0.25, 0.3) is 0 Å². The van der Waals surface area contributed by atoms with Crippen LogP contribution in [0.4, 0.5) is 13.2 Å².